The summed E-state index contributed by atoms with van der Waals surface area (Å²) in [6.45, 7) is 9.10. The molecule has 0 bridgehead atoms. The van der Waals surface area contributed by atoms with Gasteiger partial charge in [0, 0.05) is 81.1 Å². The largest absolute Gasteiger partial charge is 0.416 e. The molecule has 2 saturated heterocycles. The Morgan fingerprint density at radius 1 is 0.979 bits per heavy atom. The lowest BCUT2D eigenvalue weighted by atomic mass is 10.1. The van der Waals surface area contributed by atoms with Crippen molar-refractivity contribution in [3.05, 3.63) is 71.8 Å². The van der Waals surface area contributed by atoms with Crippen molar-refractivity contribution < 1.29 is 22.7 Å². The van der Waals surface area contributed by atoms with Gasteiger partial charge in [-0.2, -0.15) is 27.9 Å². The summed E-state index contributed by atoms with van der Waals surface area (Å²) < 4.78 is 48.3. The standard InChI is InChI=1S/C31H36F3N11O2/c1-21-2-3-24(41-29(46)22-14-23(31(32,33)34)16-25(15-22)44-8-4-35-5-9-44)17-26(21)42-30-39-20-40-45(30)28-18-27(37-19-38-28)36-6-7-43-10-12-47-13-11-43/h2-3,14-20,35H,4-13H2,1H3,(H,41,46)(H,36,37,38)(H,39,40,42). The molecule has 4 aromatic rings. The molecule has 1 amide bonds. The van der Waals surface area contributed by atoms with E-state index in [9.17, 15) is 18.0 Å². The number of rotatable bonds is 10. The number of benzene rings is 2. The molecule has 0 atom stereocenters. The van der Waals surface area contributed by atoms with Gasteiger partial charge in [0.25, 0.3) is 5.91 Å². The minimum atomic E-state index is -4.60. The predicted octanol–water partition coefficient (Wildman–Crippen LogP) is 3.53. The van der Waals surface area contributed by atoms with Crippen molar-refractivity contribution in [1.29, 1.82) is 0 Å². The van der Waals surface area contributed by atoms with E-state index in [0.29, 0.717) is 67.4 Å². The minimum Gasteiger partial charge on any atom is -0.379 e. The number of hydrogen-bond acceptors (Lipinski definition) is 11. The number of alkyl halides is 3. The third-order valence-electron chi connectivity index (χ3n) is 7.99. The zero-order valence-corrected chi connectivity index (χ0v) is 25.8. The number of carbonyl (C=O) groups excluding carboxylic acids is 1. The third kappa shape index (κ3) is 8.14. The van der Waals surface area contributed by atoms with Gasteiger partial charge in [0.15, 0.2) is 5.82 Å². The number of anilines is 5. The first-order chi connectivity index (χ1) is 22.7. The molecule has 47 heavy (non-hydrogen) atoms. The van der Waals surface area contributed by atoms with Crippen LogP contribution in [0, 0.1) is 6.92 Å². The van der Waals surface area contributed by atoms with Crippen molar-refractivity contribution in [2.24, 2.45) is 0 Å². The fourth-order valence-electron chi connectivity index (χ4n) is 5.39. The van der Waals surface area contributed by atoms with E-state index in [-0.39, 0.29) is 5.56 Å². The highest BCUT2D eigenvalue weighted by Crippen LogP contribution is 2.34. The van der Waals surface area contributed by atoms with Crippen molar-refractivity contribution in [3.63, 3.8) is 0 Å². The quantitative estimate of drug-likeness (QED) is 0.201. The minimum absolute atomic E-state index is 0.0821. The summed E-state index contributed by atoms with van der Waals surface area (Å²) in [5.74, 6) is 0.842. The lowest BCUT2D eigenvalue weighted by Gasteiger charge is -2.30. The van der Waals surface area contributed by atoms with Crippen LogP contribution in [-0.4, -0.2) is 101 Å². The second-order valence-corrected chi connectivity index (χ2v) is 11.2. The Hall–Kier alpha value is -4.80. The molecule has 2 aliphatic heterocycles. The Labute approximate surface area is 269 Å². The van der Waals surface area contributed by atoms with E-state index < -0.39 is 17.6 Å². The fourth-order valence-corrected chi connectivity index (χ4v) is 5.39. The molecule has 4 N–H and O–H groups in total. The molecule has 13 nitrogen and oxygen atoms in total. The van der Waals surface area contributed by atoms with Crippen molar-refractivity contribution in [1.82, 2.24) is 34.9 Å². The van der Waals surface area contributed by atoms with Crippen LogP contribution >= 0.6 is 0 Å². The van der Waals surface area contributed by atoms with Crippen LogP contribution in [0.25, 0.3) is 5.82 Å². The highest BCUT2D eigenvalue weighted by molar-refractivity contribution is 6.05. The first-order valence-corrected chi connectivity index (χ1v) is 15.4. The van der Waals surface area contributed by atoms with Crippen molar-refractivity contribution >= 4 is 34.7 Å². The number of morpholine rings is 1. The number of ether oxygens (including phenoxy) is 1. The molecule has 0 saturated carbocycles. The summed E-state index contributed by atoms with van der Waals surface area (Å²) in [6, 6.07) is 10.4. The van der Waals surface area contributed by atoms with E-state index >= 15 is 0 Å². The number of nitrogens with zero attached hydrogens (tertiary/aromatic N) is 7. The predicted molar refractivity (Wildman–Crippen MR) is 172 cm³/mol. The number of carbonyl (C=O) groups is 1. The molecule has 0 unspecified atom stereocenters. The molecule has 2 fully saturated rings. The Kier molecular flexibility index (Phi) is 9.79. The average Bonchev–Trinajstić information content (AvgIpc) is 3.55. The number of piperazine rings is 1. The fraction of sp³-hybridized carbons (Fsp3) is 0.387. The van der Waals surface area contributed by atoms with Crippen LogP contribution < -0.4 is 26.2 Å². The Morgan fingerprint density at radius 2 is 1.79 bits per heavy atom. The normalized spacial score (nSPS) is 15.8. The number of hydrogen-bond donors (Lipinski definition) is 4. The molecule has 0 spiro atoms. The number of nitrogens with one attached hydrogen (secondary N) is 4. The van der Waals surface area contributed by atoms with Gasteiger partial charge in [-0.3, -0.25) is 9.69 Å². The summed E-state index contributed by atoms with van der Waals surface area (Å²) in [6.07, 6.45) is -1.76. The average molecular weight is 652 g/mol. The highest BCUT2D eigenvalue weighted by atomic mass is 19.4. The van der Waals surface area contributed by atoms with Gasteiger partial charge < -0.3 is 30.9 Å². The van der Waals surface area contributed by atoms with Gasteiger partial charge >= 0.3 is 6.18 Å². The van der Waals surface area contributed by atoms with Gasteiger partial charge in [-0.1, -0.05) is 6.07 Å². The first kappa shape index (κ1) is 32.2. The van der Waals surface area contributed by atoms with Crippen LogP contribution in [0.4, 0.5) is 42.0 Å². The monoisotopic (exact) mass is 651 g/mol. The maximum Gasteiger partial charge on any atom is 0.416 e. The van der Waals surface area contributed by atoms with Crippen molar-refractivity contribution in [3.8, 4) is 5.82 Å². The molecule has 0 aliphatic carbocycles. The van der Waals surface area contributed by atoms with E-state index in [2.05, 4.69) is 46.2 Å². The molecule has 2 aromatic heterocycles. The van der Waals surface area contributed by atoms with Crippen LogP contribution in [0.15, 0.2) is 55.1 Å². The lowest BCUT2D eigenvalue weighted by molar-refractivity contribution is -0.137. The summed E-state index contributed by atoms with van der Waals surface area (Å²) in [5, 5.41) is 16.8. The molecule has 2 aromatic carbocycles. The number of aryl methyl sites for hydroxylation is 1. The van der Waals surface area contributed by atoms with Crippen LogP contribution in [0.2, 0.25) is 0 Å². The van der Waals surface area contributed by atoms with Gasteiger partial charge in [0.2, 0.25) is 5.95 Å². The van der Waals surface area contributed by atoms with Crippen molar-refractivity contribution in [2.45, 2.75) is 13.1 Å². The molecule has 6 rings (SSSR count). The molecular weight excluding hydrogens is 615 g/mol. The van der Waals surface area contributed by atoms with Crippen molar-refractivity contribution in [2.75, 3.05) is 86.4 Å². The summed E-state index contributed by atoms with van der Waals surface area (Å²) in [4.78, 5) is 30.5. The van der Waals surface area contributed by atoms with E-state index in [1.807, 2.05) is 11.8 Å². The second kappa shape index (κ2) is 14.3. The van der Waals surface area contributed by atoms with Gasteiger partial charge in [-0.15, -0.1) is 0 Å². The summed E-state index contributed by atoms with van der Waals surface area (Å²) in [5.41, 5.74) is 1.25. The molecule has 4 heterocycles. The number of halogens is 3. The third-order valence-corrected chi connectivity index (χ3v) is 7.99. The Balaban J connectivity index is 1.16. The Morgan fingerprint density at radius 3 is 2.57 bits per heavy atom. The number of amides is 1. The number of aromatic nitrogens is 5. The molecule has 0 radical (unpaired) electrons. The van der Waals surface area contributed by atoms with Gasteiger partial charge in [-0.05, 0) is 42.8 Å². The van der Waals surface area contributed by atoms with Gasteiger partial charge in [0.05, 0.1) is 18.8 Å². The SMILES string of the molecule is Cc1ccc(NC(=O)c2cc(N3CCNCC3)cc(C(F)(F)F)c2)cc1Nc1ncnn1-c1cc(NCCN2CCOCC2)ncn1. The van der Waals surface area contributed by atoms with E-state index in [4.69, 9.17) is 4.74 Å². The van der Waals surface area contributed by atoms with Crippen LogP contribution in [0.5, 0.6) is 0 Å². The van der Waals surface area contributed by atoms with E-state index in [1.54, 1.807) is 24.3 Å². The summed E-state index contributed by atoms with van der Waals surface area (Å²) in [7, 11) is 0. The van der Waals surface area contributed by atoms with E-state index in [0.717, 1.165) is 50.5 Å². The summed E-state index contributed by atoms with van der Waals surface area (Å²) >= 11 is 0. The van der Waals surface area contributed by atoms with Crippen LogP contribution in [0.1, 0.15) is 21.5 Å². The maximum absolute atomic E-state index is 13.8. The molecule has 2 aliphatic rings. The molecular formula is C31H36F3N11O2. The second-order valence-electron chi connectivity index (χ2n) is 11.2. The zero-order valence-electron chi connectivity index (χ0n) is 25.8. The topological polar surface area (TPSA) is 137 Å². The zero-order chi connectivity index (χ0) is 32.8. The maximum atomic E-state index is 13.8. The van der Waals surface area contributed by atoms with Crippen LogP contribution in [-0.2, 0) is 10.9 Å². The Bertz CT molecular complexity index is 1690. The van der Waals surface area contributed by atoms with E-state index in [1.165, 1.54) is 23.4 Å². The molecule has 248 valence electrons. The first-order valence-electron chi connectivity index (χ1n) is 15.4. The van der Waals surface area contributed by atoms with Gasteiger partial charge in [-0.25, -0.2) is 9.97 Å². The lowest BCUT2D eigenvalue weighted by Crippen LogP contribution is -2.43. The van der Waals surface area contributed by atoms with Gasteiger partial charge in [0.1, 0.15) is 18.5 Å². The smallest absolute Gasteiger partial charge is 0.379 e. The molecule has 16 heteroatoms. The van der Waals surface area contributed by atoms with Crippen LogP contribution in [0.3, 0.4) is 0 Å². The highest BCUT2D eigenvalue weighted by Gasteiger charge is 2.32.